The van der Waals surface area contributed by atoms with Gasteiger partial charge in [0.1, 0.15) is 5.75 Å². The predicted octanol–water partition coefficient (Wildman–Crippen LogP) is 4.10. The molecule has 1 N–H and O–H groups in total. The number of aliphatic hydroxyl groups excluding tert-OH is 1. The average molecular weight is 282 g/mol. The lowest BCUT2D eigenvalue weighted by atomic mass is 9.90. The van der Waals surface area contributed by atoms with Gasteiger partial charge in [0, 0.05) is 10.6 Å². The molecule has 0 saturated carbocycles. The summed E-state index contributed by atoms with van der Waals surface area (Å²) >= 11 is 5.90. The molecule has 0 aliphatic carbocycles. The molecule has 1 rings (SSSR count). The third kappa shape index (κ3) is 5.10. The summed E-state index contributed by atoms with van der Waals surface area (Å²) in [5.41, 5.74) is 0.364. The molecular weight excluding hydrogens is 262 g/mol. The normalized spacial score (nSPS) is 12.8. The van der Waals surface area contributed by atoms with Crippen molar-refractivity contribution in [3.8, 4) is 11.8 Å². The zero-order valence-electron chi connectivity index (χ0n) is 11.6. The largest absolute Gasteiger partial charge is 0.493 e. The Morgan fingerprint density at radius 2 is 2.16 bits per heavy atom. The van der Waals surface area contributed by atoms with Crippen molar-refractivity contribution in [1.29, 1.82) is 5.26 Å². The first kappa shape index (κ1) is 15.8. The van der Waals surface area contributed by atoms with Crippen LogP contribution in [0.1, 0.15) is 45.3 Å². The standard InChI is InChI=1S/C15H20ClNO2/c1-11(18)13-9-12(16)5-6-14(13)19-8-4-7-15(2,3)10-17/h5-6,9,11,18H,4,7-8H2,1-3H3/t11-/m0/s1. The zero-order valence-corrected chi connectivity index (χ0v) is 12.4. The van der Waals surface area contributed by atoms with Crippen molar-refractivity contribution in [3.05, 3.63) is 28.8 Å². The van der Waals surface area contributed by atoms with Crippen molar-refractivity contribution >= 4 is 11.6 Å². The Morgan fingerprint density at radius 3 is 2.74 bits per heavy atom. The monoisotopic (exact) mass is 281 g/mol. The molecule has 0 saturated heterocycles. The summed E-state index contributed by atoms with van der Waals surface area (Å²) < 4.78 is 5.67. The van der Waals surface area contributed by atoms with Gasteiger partial charge >= 0.3 is 0 Å². The Hall–Kier alpha value is -1.24. The van der Waals surface area contributed by atoms with E-state index >= 15 is 0 Å². The minimum atomic E-state index is -0.621. The average Bonchev–Trinajstić information content (AvgIpc) is 2.36. The molecule has 0 amide bonds. The highest BCUT2D eigenvalue weighted by Gasteiger charge is 2.16. The Labute approximate surface area is 119 Å². The van der Waals surface area contributed by atoms with E-state index in [0.29, 0.717) is 22.9 Å². The summed E-state index contributed by atoms with van der Waals surface area (Å²) in [7, 11) is 0. The fourth-order valence-corrected chi connectivity index (χ4v) is 1.91. The van der Waals surface area contributed by atoms with E-state index in [1.165, 1.54) is 0 Å². The molecule has 104 valence electrons. The third-order valence-electron chi connectivity index (χ3n) is 2.93. The predicted molar refractivity (Wildman–Crippen MR) is 76.2 cm³/mol. The minimum Gasteiger partial charge on any atom is -0.493 e. The molecule has 0 aliphatic heterocycles. The molecule has 1 aromatic rings. The smallest absolute Gasteiger partial charge is 0.125 e. The van der Waals surface area contributed by atoms with Gasteiger partial charge in [-0.2, -0.15) is 5.26 Å². The minimum absolute atomic E-state index is 0.323. The summed E-state index contributed by atoms with van der Waals surface area (Å²) in [4.78, 5) is 0. The van der Waals surface area contributed by atoms with Crippen molar-refractivity contribution < 1.29 is 9.84 Å². The molecule has 1 aromatic carbocycles. The van der Waals surface area contributed by atoms with E-state index < -0.39 is 6.10 Å². The number of halogens is 1. The molecule has 1 atom stereocenters. The SMILES string of the molecule is C[C@H](O)c1cc(Cl)ccc1OCCCC(C)(C)C#N. The molecule has 0 radical (unpaired) electrons. The van der Waals surface area contributed by atoms with E-state index in [1.54, 1.807) is 25.1 Å². The molecule has 19 heavy (non-hydrogen) atoms. The maximum absolute atomic E-state index is 9.67. The van der Waals surface area contributed by atoms with E-state index in [9.17, 15) is 5.11 Å². The number of nitriles is 1. The van der Waals surface area contributed by atoms with Crippen LogP contribution < -0.4 is 4.74 Å². The van der Waals surface area contributed by atoms with E-state index in [4.69, 9.17) is 21.6 Å². The zero-order chi connectivity index (χ0) is 14.5. The van der Waals surface area contributed by atoms with Crippen LogP contribution >= 0.6 is 11.6 Å². The van der Waals surface area contributed by atoms with Gasteiger partial charge in [0.05, 0.1) is 24.2 Å². The molecule has 0 spiro atoms. The first-order valence-electron chi connectivity index (χ1n) is 6.37. The van der Waals surface area contributed by atoms with Crippen molar-refractivity contribution in [2.24, 2.45) is 5.41 Å². The lowest BCUT2D eigenvalue weighted by molar-refractivity contribution is 0.190. The second kappa shape index (κ2) is 6.79. The lowest BCUT2D eigenvalue weighted by Gasteiger charge is -2.17. The van der Waals surface area contributed by atoms with Gasteiger partial charge in [-0.05, 0) is 51.8 Å². The molecule has 0 aromatic heterocycles. The van der Waals surface area contributed by atoms with Gasteiger partial charge in [0.15, 0.2) is 0 Å². The first-order chi connectivity index (χ1) is 8.85. The third-order valence-corrected chi connectivity index (χ3v) is 3.16. The molecular formula is C15H20ClNO2. The van der Waals surface area contributed by atoms with E-state index in [0.717, 1.165) is 12.8 Å². The lowest BCUT2D eigenvalue weighted by Crippen LogP contribution is -2.10. The van der Waals surface area contributed by atoms with Gasteiger partial charge in [-0.1, -0.05) is 11.6 Å². The highest BCUT2D eigenvalue weighted by molar-refractivity contribution is 6.30. The quantitative estimate of drug-likeness (QED) is 0.799. The second-order valence-electron chi connectivity index (χ2n) is 5.31. The Morgan fingerprint density at radius 1 is 1.47 bits per heavy atom. The maximum Gasteiger partial charge on any atom is 0.125 e. The van der Waals surface area contributed by atoms with Crippen molar-refractivity contribution in [1.82, 2.24) is 0 Å². The van der Waals surface area contributed by atoms with Crippen molar-refractivity contribution in [2.75, 3.05) is 6.61 Å². The second-order valence-corrected chi connectivity index (χ2v) is 5.74. The van der Waals surface area contributed by atoms with Gasteiger partial charge in [-0.25, -0.2) is 0 Å². The summed E-state index contributed by atoms with van der Waals surface area (Å²) in [5, 5.41) is 19.2. The first-order valence-corrected chi connectivity index (χ1v) is 6.75. The van der Waals surface area contributed by atoms with E-state index in [2.05, 4.69) is 6.07 Å². The summed E-state index contributed by atoms with van der Waals surface area (Å²) in [5.74, 6) is 0.647. The number of ether oxygens (including phenoxy) is 1. The molecule has 0 unspecified atom stereocenters. The van der Waals surface area contributed by atoms with E-state index in [-0.39, 0.29) is 5.41 Å². The molecule has 4 heteroatoms. The highest BCUT2D eigenvalue weighted by atomic mass is 35.5. The van der Waals surface area contributed by atoms with Crippen LogP contribution in [0.5, 0.6) is 5.75 Å². The van der Waals surface area contributed by atoms with Crippen molar-refractivity contribution in [2.45, 2.75) is 39.7 Å². The number of hydrogen-bond acceptors (Lipinski definition) is 3. The van der Waals surface area contributed by atoms with Crippen LogP contribution in [0.15, 0.2) is 18.2 Å². The number of hydrogen-bond donors (Lipinski definition) is 1. The molecule has 3 nitrogen and oxygen atoms in total. The van der Waals surface area contributed by atoms with Gasteiger partial charge in [-0.3, -0.25) is 0 Å². The van der Waals surface area contributed by atoms with Crippen LogP contribution in [0.2, 0.25) is 5.02 Å². The summed E-state index contributed by atoms with van der Waals surface area (Å²) in [6.45, 7) is 6.02. The Balaban J connectivity index is 2.57. The molecule has 0 aliphatic rings. The van der Waals surface area contributed by atoms with Crippen LogP contribution in [0.25, 0.3) is 0 Å². The fourth-order valence-electron chi connectivity index (χ4n) is 1.73. The van der Waals surface area contributed by atoms with Gasteiger partial charge in [-0.15, -0.1) is 0 Å². The summed E-state index contributed by atoms with van der Waals surface area (Å²) in [6, 6.07) is 7.47. The Kier molecular flexibility index (Phi) is 5.65. The van der Waals surface area contributed by atoms with E-state index in [1.807, 2.05) is 13.8 Å². The molecule has 0 heterocycles. The van der Waals surface area contributed by atoms with Crippen LogP contribution in [-0.2, 0) is 0 Å². The van der Waals surface area contributed by atoms with Gasteiger partial charge in [0.25, 0.3) is 0 Å². The highest BCUT2D eigenvalue weighted by Crippen LogP contribution is 2.29. The maximum atomic E-state index is 9.67. The van der Waals surface area contributed by atoms with Crippen LogP contribution in [0, 0.1) is 16.7 Å². The number of nitrogens with zero attached hydrogens (tertiary/aromatic N) is 1. The molecule has 0 bridgehead atoms. The number of rotatable bonds is 6. The van der Waals surface area contributed by atoms with Gasteiger partial charge in [0.2, 0.25) is 0 Å². The van der Waals surface area contributed by atoms with Gasteiger partial charge < -0.3 is 9.84 Å². The number of benzene rings is 1. The molecule has 0 fully saturated rings. The summed E-state index contributed by atoms with van der Waals surface area (Å²) in [6.07, 6.45) is 0.952. The fraction of sp³-hybridized carbons (Fsp3) is 0.533. The van der Waals surface area contributed by atoms with Crippen LogP contribution in [-0.4, -0.2) is 11.7 Å². The topological polar surface area (TPSA) is 53.2 Å². The van der Waals surface area contributed by atoms with Crippen LogP contribution in [0.4, 0.5) is 0 Å². The number of aliphatic hydroxyl groups is 1. The van der Waals surface area contributed by atoms with Crippen molar-refractivity contribution in [3.63, 3.8) is 0 Å². The van der Waals surface area contributed by atoms with Crippen LogP contribution in [0.3, 0.4) is 0 Å². The Bertz CT molecular complexity index is 464.